The number of ether oxygens (including phenoxy) is 4. The van der Waals surface area contributed by atoms with E-state index >= 15 is 17.6 Å². The Bertz CT molecular complexity index is 3450. The first-order valence-electron chi connectivity index (χ1n) is 25.5. The number of anilines is 1. The minimum atomic E-state index is -4.81. The van der Waals surface area contributed by atoms with Crippen LogP contribution in [0.1, 0.15) is 113 Å². The van der Waals surface area contributed by atoms with E-state index in [-0.39, 0.29) is 33.7 Å². The number of nitrogens with one attached hydrogen (secondary N) is 1. The summed E-state index contributed by atoms with van der Waals surface area (Å²) in [6, 6.07) is 41.0. The van der Waals surface area contributed by atoms with Crippen LogP contribution in [0.5, 0.6) is 17.2 Å². The molecule has 8 aromatic rings. The van der Waals surface area contributed by atoms with Gasteiger partial charge in [-0.3, -0.25) is 4.79 Å². The zero-order chi connectivity index (χ0) is 52.4. The van der Waals surface area contributed by atoms with Gasteiger partial charge in [-0.25, -0.2) is 9.18 Å². The fraction of sp³-hybridized carbons (Fsp3) is 0.250. The van der Waals surface area contributed by atoms with Crippen molar-refractivity contribution < 1.29 is 46.1 Å². The molecule has 1 N–H and O–H groups in total. The molecule has 0 spiro atoms. The van der Waals surface area contributed by atoms with Crippen molar-refractivity contribution in [1.29, 1.82) is 0 Å². The highest BCUT2D eigenvalue weighted by atomic mass is 19.4. The zero-order valence-electron chi connectivity index (χ0n) is 42.3. The van der Waals surface area contributed by atoms with E-state index in [2.05, 4.69) is 36.5 Å². The minimum absolute atomic E-state index is 0.0228. The monoisotopic (exact) mass is 1010 g/mol. The van der Waals surface area contributed by atoms with Crippen LogP contribution in [0, 0.1) is 11.7 Å². The van der Waals surface area contributed by atoms with Gasteiger partial charge in [-0.1, -0.05) is 118 Å². The molecule has 1 saturated carbocycles. The topological polar surface area (TPSA) is 83.1 Å². The number of hydrogen-bond donors (Lipinski definition) is 1. The fourth-order valence-corrected chi connectivity index (χ4v) is 11.1. The van der Waals surface area contributed by atoms with Gasteiger partial charge < -0.3 is 24.3 Å². The predicted octanol–water partition coefficient (Wildman–Crippen LogP) is 16.7. The van der Waals surface area contributed by atoms with Gasteiger partial charge in [-0.05, 0) is 149 Å². The summed E-state index contributed by atoms with van der Waals surface area (Å²) in [5, 5.41) is 4.65. The van der Waals surface area contributed by atoms with E-state index in [4.69, 9.17) is 18.9 Å². The van der Waals surface area contributed by atoms with Gasteiger partial charge in [-0.15, -0.1) is 0 Å². The van der Waals surface area contributed by atoms with Crippen LogP contribution in [0.15, 0.2) is 152 Å². The molecule has 1 aliphatic heterocycles. The van der Waals surface area contributed by atoms with E-state index in [0.717, 1.165) is 23.1 Å². The van der Waals surface area contributed by atoms with Gasteiger partial charge in [0.25, 0.3) is 5.91 Å². The van der Waals surface area contributed by atoms with Crippen molar-refractivity contribution in [2.75, 3.05) is 26.6 Å². The highest BCUT2D eigenvalue weighted by Gasteiger charge is 2.41. The molecule has 0 saturated heterocycles. The molecule has 0 radical (unpaired) electrons. The van der Waals surface area contributed by atoms with E-state index in [9.17, 15) is 9.59 Å². The molecule has 10 rings (SSSR count). The number of fused-ring (bicyclic) bond motifs is 5. The molecule has 1 heterocycles. The van der Waals surface area contributed by atoms with Crippen LogP contribution >= 0.6 is 0 Å². The molecule has 2 aliphatic rings. The number of hydrogen-bond acceptors (Lipinski definition) is 6. The summed E-state index contributed by atoms with van der Waals surface area (Å²) in [6.45, 7) is 2.25. The van der Waals surface area contributed by atoms with Crippen molar-refractivity contribution >= 4 is 45.2 Å². The summed E-state index contributed by atoms with van der Waals surface area (Å²) in [7, 11) is 4.26. The van der Waals surface area contributed by atoms with Gasteiger partial charge in [0.2, 0.25) is 0 Å². The smallest absolute Gasteiger partial charge is 0.417 e. The lowest BCUT2D eigenvalue weighted by Crippen LogP contribution is -2.35. The summed E-state index contributed by atoms with van der Waals surface area (Å²) in [5.74, 6) is 0.801. The minimum Gasteiger partial charge on any atom is -0.497 e. The number of esters is 1. The molecule has 8 aromatic carbocycles. The van der Waals surface area contributed by atoms with Gasteiger partial charge in [0, 0.05) is 38.7 Å². The largest absolute Gasteiger partial charge is 0.497 e. The summed E-state index contributed by atoms with van der Waals surface area (Å²) >= 11 is 0. The summed E-state index contributed by atoms with van der Waals surface area (Å²) in [6.07, 6.45) is 8.86. The molecule has 0 aromatic heterocycles. The average molecular weight is 1010 g/mol. The van der Waals surface area contributed by atoms with E-state index in [1.165, 1.54) is 89.3 Å². The number of carbonyl (C=O) groups excluding carboxylic acids is 2. The van der Waals surface area contributed by atoms with Crippen molar-refractivity contribution in [3.8, 4) is 39.5 Å². The van der Waals surface area contributed by atoms with Crippen molar-refractivity contribution in [3.05, 3.63) is 196 Å². The normalized spacial score (nSPS) is 17.3. The van der Waals surface area contributed by atoms with E-state index in [1.807, 2.05) is 12.1 Å². The average Bonchev–Trinajstić information content (AvgIpc) is 3.47. The number of unbranched alkanes of at least 4 members (excludes halogenated alkanes) is 2. The van der Waals surface area contributed by atoms with Crippen LogP contribution in [-0.4, -0.2) is 33.2 Å². The third kappa shape index (κ3) is 9.96. The molecule has 1 atom stereocenters. The van der Waals surface area contributed by atoms with Crippen LogP contribution in [0.2, 0.25) is 0 Å². The zero-order valence-corrected chi connectivity index (χ0v) is 42.3. The second kappa shape index (κ2) is 21.1. The Morgan fingerprint density at radius 1 is 0.707 bits per heavy atom. The molecule has 0 bridgehead atoms. The van der Waals surface area contributed by atoms with E-state index < -0.39 is 35.0 Å². The number of amides is 1. The standard InChI is InChI=1S/C64H57F4NO6/c1-5-6-7-10-39-13-15-40(16-14-39)41-17-19-42(20-18-41)43-21-23-44(24-22-43)61(70)69-47-28-32-49(57(36-47)64(66,67)68)45-25-31-50-52-37-55(62(71)74-4)51-33-34-63(56-11-8-9-12-58(56)65,46-26-29-48(72-2)30-27-46)75-60(51)54(52)38-59(73-3)53(50)35-45/h8-9,11-12,17-40H,5-7,10,13-16H2,1-4H3,(H,69,70). The molecule has 7 nitrogen and oxygen atoms in total. The molecule has 1 unspecified atom stereocenters. The van der Waals surface area contributed by atoms with Gasteiger partial charge >= 0.3 is 12.1 Å². The number of methoxy groups -OCH3 is 3. The van der Waals surface area contributed by atoms with Crippen molar-refractivity contribution in [3.63, 3.8) is 0 Å². The third-order valence-corrected chi connectivity index (χ3v) is 15.2. The Hall–Kier alpha value is -7.92. The molecular weight excluding hydrogens is 955 g/mol. The SMILES string of the molecule is CCCCCC1CCC(c2ccc(-c3ccc(C(=O)Nc4ccc(-c5ccc6c(c5)c(OC)cc5c7c(c(C(=O)OC)cc56)C=CC(c5ccc(OC)cc5)(c5ccccc5F)O7)c(C(F)(F)F)c4)cc3)cc2)CC1. The van der Waals surface area contributed by atoms with Crippen LogP contribution in [-0.2, 0) is 16.5 Å². The van der Waals surface area contributed by atoms with Crippen LogP contribution < -0.4 is 19.5 Å². The molecule has 11 heteroatoms. The maximum absolute atomic E-state index is 16.0. The lowest BCUT2D eigenvalue weighted by atomic mass is 9.77. The highest BCUT2D eigenvalue weighted by Crippen LogP contribution is 2.50. The highest BCUT2D eigenvalue weighted by molar-refractivity contribution is 6.16. The maximum atomic E-state index is 16.0. The maximum Gasteiger partial charge on any atom is 0.417 e. The Labute approximate surface area is 434 Å². The second-order valence-electron chi connectivity index (χ2n) is 19.6. The fourth-order valence-electron chi connectivity index (χ4n) is 11.1. The second-order valence-corrected chi connectivity index (χ2v) is 19.6. The number of benzene rings is 8. The lowest BCUT2D eigenvalue weighted by molar-refractivity contribution is -0.137. The van der Waals surface area contributed by atoms with Gasteiger partial charge in [0.05, 0.1) is 32.5 Å². The Kier molecular flexibility index (Phi) is 14.3. The molecular formula is C64H57F4NO6. The number of alkyl halides is 3. The first-order chi connectivity index (χ1) is 36.3. The number of rotatable bonds is 14. The van der Waals surface area contributed by atoms with Crippen molar-refractivity contribution in [1.82, 2.24) is 0 Å². The van der Waals surface area contributed by atoms with Crippen molar-refractivity contribution in [2.45, 2.75) is 76.0 Å². The van der Waals surface area contributed by atoms with Crippen molar-refractivity contribution in [2.24, 2.45) is 5.92 Å². The van der Waals surface area contributed by atoms with Gasteiger partial charge in [0.15, 0.2) is 5.60 Å². The first-order valence-corrected chi connectivity index (χ1v) is 25.5. The van der Waals surface area contributed by atoms with E-state index in [0.29, 0.717) is 55.7 Å². The molecule has 1 fully saturated rings. The Morgan fingerprint density at radius 2 is 1.41 bits per heavy atom. The Balaban J connectivity index is 0.940. The first kappa shape index (κ1) is 50.6. The summed E-state index contributed by atoms with van der Waals surface area (Å²) in [4.78, 5) is 27.1. The third-order valence-electron chi connectivity index (χ3n) is 15.2. The molecule has 1 amide bonds. The summed E-state index contributed by atoms with van der Waals surface area (Å²) in [5.41, 5.74) is 2.53. The molecule has 75 heavy (non-hydrogen) atoms. The summed E-state index contributed by atoms with van der Waals surface area (Å²) < 4.78 is 84.9. The van der Waals surface area contributed by atoms with Crippen LogP contribution in [0.3, 0.4) is 0 Å². The van der Waals surface area contributed by atoms with Crippen LogP contribution in [0.25, 0.3) is 49.9 Å². The molecule has 382 valence electrons. The Morgan fingerprint density at radius 3 is 2.08 bits per heavy atom. The predicted molar refractivity (Wildman–Crippen MR) is 288 cm³/mol. The lowest BCUT2D eigenvalue weighted by Gasteiger charge is -2.37. The number of halogens is 4. The molecule has 1 aliphatic carbocycles. The van der Waals surface area contributed by atoms with Gasteiger partial charge in [0.1, 0.15) is 23.1 Å². The number of carbonyl (C=O) groups is 2. The van der Waals surface area contributed by atoms with E-state index in [1.54, 1.807) is 104 Å². The van der Waals surface area contributed by atoms with Gasteiger partial charge in [-0.2, -0.15) is 13.2 Å². The quantitative estimate of drug-likeness (QED) is 0.0506. The van der Waals surface area contributed by atoms with Crippen LogP contribution in [0.4, 0.5) is 23.2 Å².